The van der Waals surface area contributed by atoms with Crippen molar-refractivity contribution in [2.75, 3.05) is 6.54 Å². The van der Waals surface area contributed by atoms with Crippen LogP contribution in [0.2, 0.25) is 0 Å². The van der Waals surface area contributed by atoms with Crippen molar-refractivity contribution in [3.8, 4) is 0 Å². The van der Waals surface area contributed by atoms with E-state index in [2.05, 4.69) is 24.2 Å². The molecular weight excluding hydrogens is 140 g/mol. The van der Waals surface area contributed by atoms with Crippen LogP contribution < -0.4 is 5.73 Å². The minimum Gasteiger partial charge on any atom is -0.330 e. The Morgan fingerprint density at radius 1 is 1.64 bits per heavy atom. The standard InChI is InChI=1S/C7H14N4/c1-6(2)11-5-7(3-4-8)9-10-11/h5-6H,3-4,8H2,1-2H3. The third kappa shape index (κ3) is 2.01. The second-order valence-electron chi connectivity index (χ2n) is 2.82. The summed E-state index contributed by atoms with van der Waals surface area (Å²) in [5.41, 5.74) is 6.34. The van der Waals surface area contributed by atoms with E-state index in [0.717, 1.165) is 12.1 Å². The Labute approximate surface area is 66.4 Å². The van der Waals surface area contributed by atoms with Crippen LogP contribution in [0.1, 0.15) is 25.6 Å². The van der Waals surface area contributed by atoms with Gasteiger partial charge in [0, 0.05) is 18.7 Å². The van der Waals surface area contributed by atoms with E-state index in [1.165, 1.54) is 0 Å². The molecule has 1 rings (SSSR count). The molecule has 62 valence electrons. The lowest BCUT2D eigenvalue weighted by atomic mass is 10.3. The van der Waals surface area contributed by atoms with Gasteiger partial charge in [-0.1, -0.05) is 5.21 Å². The molecule has 4 nitrogen and oxygen atoms in total. The van der Waals surface area contributed by atoms with Gasteiger partial charge in [0.05, 0.1) is 5.69 Å². The lowest BCUT2D eigenvalue weighted by Crippen LogP contribution is -2.03. The lowest BCUT2D eigenvalue weighted by molar-refractivity contribution is 0.514. The van der Waals surface area contributed by atoms with Crippen molar-refractivity contribution in [2.24, 2.45) is 5.73 Å². The van der Waals surface area contributed by atoms with E-state index in [0.29, 0.717) is 12.6 Å². The fraction of sp³-hybridized carbons (Fsp3) is 0.714. The first-order valence-corrected chi connectivity index (χ1v) is 3.85. The van der Waals surface area contributed by atoms with Gasteiger partial charge < -0.3 is 5.73 Å². The Kier molecular flexibility index (Phi) is 2.59. The largest absolute Gasteiger partial charge is 0.330 e. The van der Waals surface area contributed by atoms with Crippen molar-refractivity contribution in [2.45, 2.75) is 26.3 Å². The van der Waals surface area contributed by atoms with Crippen molar-refractivity contribution >= 4 is 0 Å². The molecule has 1 aromatic rings. The van der Waals surface area contributed by atoms with E-state index >= 15 is 0 Å². The molecule has 11 heavy (non-hydrogen) atoms. The van der Waals surface area contributed by atoms with Crippen LogP contribution in [0.3, 0.4) is 0 Å². The highest BCUT2D eigenvalue weighted by molar-refractivity contribution is 4.93. The molecule has 2 N–H and O–H groups in total. The summed E-state index contributed by atoms with van der Waals surface area (Å²) >= 11 is 0. The van der Waals surface area contributed by atoms with Crippen molar-refractivity contribution in [3.05, 3.63) is 11.9 Å². The van der Waals surface area contributed by atoms with Crippen LogP contribution in [0.15, 0.2) is 6.20 Å². The average Bonchev–Trinajstić information content (AvgIpc) is 2.37. The second-order valence-corrected chi connectivity index (χ2v) is 2.82. The first kappa shape index (κ1) is 8.20. The van der Waals surface area contributed by atoms with E-state index in [9.17, 15) is 0 Å². The normalized spacial score (nSPS) is 10.9. The number of rotatable bonds is 3. The summed E-state index contributed by atoms with van der Waals surface area (Å²) in [5.74, 6) is 0. The maximum Gasteiger partial charge on any atom is 0.0839 e. The molecule has 0 aliphatic heterocycles. The highest BCUT2D eigenvalue weighted by atomic mass is 15.4. The summed E-state index contributed by atoms with van der Waals surface area (Å²) in [6.07, 6.45) is 2.75. The van der Waals surface area contributed by atoms with Gasteiger partial charge in [0.25, 0.3) is 0 Å². The van der Waals surface area contributed by atoms with Crippen LogP contribution in [0, 0.1) is 0 Å². The van der Waals surface area contributed by atoms with Gasteiger partial charge in [-0.25, -0.2) is 4.68 Å². The Hall–Kier alpha value is -0.900. The van der Waals surface area contributed by atoms with E-state index in [4.69, 9.17) is 5.73 Å². The first-order valence-electron chi connectivity index (χ1n) is 3.85. The second kappa shape index (κ2) is 3.48. The van der Waals surface area contributed by atoms with Gasteiger partial charge in [0.1, 0.15) is 0 Å². The van der Waals surface area contributed by atoms with Gasteiger partial charge in [-0.2, -0.15) is 0 Å². The zero-order chi connectivity index (χ0) is 8.27. The smallest absolute Gasteiger partial charge is 0.0839 e. The number of hydrogen-bond donors (Lipinski definition) is 1. The number of nitrogens with two attached hydrogens (primary N) is 1. The summed E-state index contributed by atoms with van der Waals surface area (Å²) in [6, 6.07) is 0.383. The Balaban J connectivity index is 2.66. The number of aromatic nitrogens is 3. The molecular formula is C7H14N4. The van der Waals surface area contributed by atoms with Gasteiger partial charge in [-0.15, -0.1) is 5.10 Å². The van der Waals surface area contributed by atoms with Crippen molar-refractivity contribution in [1.29, 1.82) is 0 Å². The molecule has 1 heterocycles. The van der Waals surface area contributed by atoms with Crippen LogP contribution in [0.5, 0.6) is 0 Å². The van der Waals surface area contributed by atoms with Gasteiger partial charge in [0.15, 0.2) is 0 Å². The van der Waals surface area contributed by atoms with E-state index < -0.39 is 0 Å². The average molecular weight is 154 g/mol. The molecule has 0 atom stereocenters. The molecule has 0 bridgehead atoms. The summed E-state index contributed by atoms with van der Waals surface area (Å²) in [6.45, 7) is 4.78. The van der Waals surface area contributed by atoms with Crippen LogP contribution in [-0.4, -0.2) is 21.5 Å². The fourth-order valence-electron chi connectivity index (χ4n) is 0.828. The fourth-order valence-corrected chi connectivity index (χ4v) is 0.828. The zero-order valence-corrected chi connectivity index (χ0v) is 6.99. The molecule has 0 aromatic carbocycles. The van der Waals surface area contributed by atoms with Crippen molar-refractivity contribution < 1.29 is 0 Å². The minimum atomic E-state index is 0.383. The highest BCUT2D eigenvalue weighted by Crippen LogP contribution is 2.01. The summed E-state index contributed by atoms with van der Waals surface area (Å²) in [5, 5.41) is 7.91. The van der Waals surface area contributed by atoms with Gasteiger partial charge >= 0.3 is 0 Å². The molecule has 0 radical (unpaired) electrons. The van der Waals surface area contributed by atoms with Crippen molar-refractivity contribution in [1.82, 2.24) is 15.0 Å². The van der Waals surface area contributed by atoms with E-state index in [1.54, 1.807) is 0 Å². The molecule has 1 aromatic heterocycles. The number of hydrogen-bond acceptors (Lipinski definition) is 3. The minimum absolute atomic E-state index is 0.383. The molecule has 0 unspecified atom stereocenters. The summed E-state index contributed by atoms with van der Waals surface area (Å²) < 4.78 is 1.84. The molecule has 0 amide bonds. The van der Waals surface area contributed by atoms with Crippen LogP contribution >= 0.6 is 0 Å². The zero-order valence-electron chi connectivity index (χ0n) is 6.99. The van der Waals surface area contributed by atoms with Gasteiger partial charge in [-0.05, 0) is 20.4 Å². The molecule has 0 fully saturated rings. The van der Waals surface area contributed by atoms with Gasteiger partial charge in [0.2, 0.25) is 0 Å². The van der Waals surface area contributed by atoms with Gasteiger partial charge in [-0.3, -0.25) is 0 Å². The first-order chi connectivity index (χ1) is 5.24. The topological polar surface area (TPSA) is 56.7 Å². The molecule has 0 spiro atoms. The Bertz CT molecular complexity index is 216. The van der Waals surface area contributed by atoms with E-state index in [1.807, 2.05) is 10.9 Å². The quantitative estimate of drug-likeness (QED) is 0.684. The third-order valence-electron chi connectivity index (χ3n) is 1.49. The molecule has 4 heteroatoms. The monoisotopic (exact) mass is 154 g/mol. The molecule has 0 aliphatic carbocycles. The maximum absolute atomic E-state index is 5.37. The lowest BCUT2D eigenvalue weighted by Gasteiger charge is -2.00. The maximum atomic E-state index is 5.37. The van der Waals surface area contributed by atoms with Crippen LogP contribution in [-0.2, 0) is 6.42 Å². The SMILES string of the molecule is CC(C)n1cc(CCN)nn1. The number of nitrogens with zero attached hydrogens (tertiary/aromatic N) is 3. The predicted octanol–water partition coefficient (Wildman–Crippen LogP) is 0.360. The Morgan fingerprint density at radius 2 is 2.36 bits per heavy atom. The highest BCUT2D eigenvalue weighted by Gasteiger charge is 2.01. The predicted molar refractivity (Wildman–Crippen MR) is 43.2 cm³/mol. The van der Waals surface area contributed by atoms with Crippen molar-refractivity contribution in [3.63, 3.8) is 0 Å². The molecule has 0 saturated heterocycles. The van der Waals surface area contributed by atoms with Crippen LogP contribution in [0.4, 0.5) is 0 Å². The Morgan fingerprint density at radius 3 is 2.82 bits per heavy atom. The van der Waals surface area contributed by atoms with Crippen LogP contribution in [0.25, 0.3) is 0 Å². The molecule has 0 saturated carbocycles. The van der Waals surface area contributed by atoms with E-state index in [-0.39, 0.29) is 0 Å². The third-order valence-corrected chi connectivity index (χ3v) is 1.49. The molecule has 0 aliphatic rings. The summed E-state index contributed by atoms with van der Waals surface area (Å²) in [4.78, 5) is 0. The summed E-state index contributed by atoms with van der Waals surface area (Å²) in [7, 11) is 0.